The number of hydrogen-bond acceptors (Lipinski definition) is 6. The van der Waals surface area contributed by atoms with Gasteiger partial charge in [-0.2, -0.15) is 0 Å². The summed E-state index contributed by atoms with van der Waals surface area (Å²) < 4.78 is 23.4. The molecule has 0 atom stereocenters. The van der Waals surface area contributed by atoms with Crippen LogP contribution in [0.2, 0.25) is 0 Å². The fourth-order valence-corrected chi connectivity index (χ4v) is 3.74. The van der Waals surface area contributed by atoms with E-state index in [1.807, 2.05) is 13.8 Å². The number of aromatic amines is 1. The van der Waals surface area contributed by atoms with Gasteiger partial charge in [-0.05, 0) is 50.5 Å². The van der Waals surface area contributed by atoms with Crippen molar-refractivity contribution >= 4 is 21.7 Å². The lowest BCUT2D eigenvalue weighted by molar-refractivity contribution is -0.117. The topological polar surface area (TPSA) is 125 Å². The molecule has 0 saturated heterocycles. The highest BCUT2D eigenvalue weighted by Gasteiger charge is 2.41. The molecule has 3 N–H and O–H groups in total. The van der Waals surface area contributed by atoms with Crippen molar-refractivity contribution in [2.45, 2.75) is 38.9 Å². The van der Waals surface area contributed by atoms with E-state index in [2.05, 4.69) is 20.5 Å². The van der Waals surface area contributed by atoms with Gasteiger partial charge in [0.15, 0.2) is 15.7 Å². The second-order valence-corrected chi connectivity index (χ2v) is 9.69. The maximum absolute atomic E-state index is 12.5. The molecule has 0 spiro atoms. The SMILES string of the molecule is CC(C)CCS(=O)(=O)C(C)(C)C(=O)Nc1nnc(-c2ccc(O)cc2)[nH]1. The Morgan fingerprint density at radius 3 is 2.42 bits per heavy atom. The lowest BCUT2D eigenvalue weighted by atomic mass is 10.2. The molecule has 2 aromatic rings. The molecule has 0 bridgehead atoms. The molecular formula is C17H24N4O4S. The van der Waals surface area contributed by atoms with Gasteiger partial charge >= 0.3 is 0 Å². The molecule has 2 rings (SSSR count). The van der Waals surface area contributed by atoms with E-state index >= 15 is 0 Å². The monoisotopic (exact) mass is 380 g/mol. The van der Waals surface area contributed by atoms with Crippen molar-refractivity contribution < 1.29 is 18.3 Å². The molecule has 0 aliphatic rings. The van der Waals surface area contributed by atoms with E-state index in [0.29, 0.717) is 17.8 Å². The molecule has 1 aromatic carbocycles. The zero-order valence-corrected chi connectivity index (χ0v) is 16.1. The quantitative estimate of drug-likeness (QED) is 0.677. The number of phenolic OH excluding ortho intramolecular Hbond substituents is 1. The van der Waals surface area contributed by atoms with Crippen LogP contribution in [-0.4, -0.2) is 45.1 Å². The lowest BCUT2D eigenvalue weighted by Gasteiger charge is -2.23. The molecule has 0 aliphatic heterocycles. The second-order valence-electron chi connectivity index (χ2n) is 7.03. The number of amides is 1. The molecule has 0 aliphatic carbocycles. The van der Waals surface area contributed by atoms with E-state index in [4.69, 9.17) is 0 Å². The molecule has 8 nitrogen and oxygen atoms in total. The normalized spacial score (nSPS) is 12.3. The van der Waals surface area contributed by atoms with Gasteiger partial charge in [0.05, 0.1) is 5.75 Å². The number of aromatic hydroxyl groups is 1. The zero-order valence-electron chi connectivity index (χ0n) is 15.3. The first-order valence-corrected chi connectivity index (χ1v) is 9.94. The number of anilines is 1. The summed E-state index contributed by atoms with van der Waals surface area (Å²) in [5.74, 6) is 0.0711. The average Bonchev–Trinajstić information content (AvgIpc) is 3.02. The first-order chi connectivity index (χ1) is 12.0. The predicted molar refractivity (Wildman–Crippen MR) is 99.4 cm³/mol. The van der Waals surface area contributed by atoms with Gasteiger partial charge in [0.2, 0.25) is 11.9 Å². The van der Waals surface area contributed by atoms with E-state index in [1.54, 1.807) is 12.1 Å². The standard InChI is InChI=1S/C17H24N4O4S/c1-11(2)9-10-26(24,25)17(3,4)15(23)19-16-18-14(20-21-16)12-5-7-13(22)8-6-12/h5-8,11,22H,9-10H2,1-4H3,(H2,18,19,20,21,23). The third-order valence-electron chi connectivity index (χ3n) is 4.15. The summed E-state index contributed by atoms with van der Waals surface area (Å²) in [5.41, 5.74) is 0.666. The Hall–Kier alpha value is -2.42. The summed E-state index contributed by atoms with van der Waals surface area (Å²) in [7, 11) is -3.63. The van der Waals surface area contributed by atoms with Gasteiger partial charge in [-0.15, -0.1) is 10.2 Å². The minimum Gasteiger partial charge on any atom is -0.508 e. The first kappa shape index (κ1) is 19.9. The number of benzene rings is 1. The minimum absolute atomic E-state index is 0.0553. The largest absolute Gasteiger partial charge is 0.508 e. The van der Waals surface area contributed by atoms with Gasteiger partial charge in [0.25, 0.3) is 0 Å². The molecule has 26 heavy (non-hydrogen) atoms. The summed E-state index contributed by atoms with van der Waals surface area (Å²) in [6, 6.07) is 6.28. The van der Waals surface area contributed by atoms with Gasteiger partial charge in [-0.25, -0.2) is 8.42 Å². The highest BCUT2D eigenvalue weighted by atomic mass is 32.2. The molecule has 0 radical (unpaired) electrons. The number of aromatic nitrogens is 3. The molecule has 1 heterocycles. The van der Waals surface area contributed by atoms with Crippen LogP contribution in [0.25, 0.3) is 11.4 Å². The fraction of sp³-hybridized carbons (Fsp3) is 0.471. The van der Waals surface area contributed by atoms with Gasteiger partial charge in [0, 0.05) is 5.56 Å². The Morgan fingerprint density at radius 1 is 1.23 bits per heavy atom. The van der Waals surface area contributed by atoms with Crippen LogP contribution in [-0.2, 0) is 14.6 Å². The van der Waals surface area contributed by atoms with E-state index in [9.17, 15) is 18.3 Å². The van der Waals surface area contributed by atoms with Crippen LogP contribution in [0.4, 0.5) is 5.95 Å². The van der Waals surface area contributed by atoms with Crippen molar-refractivity contribution in [1.29, 1.82) is 0 Å². The summed E-state index contributed by atoms with van der Waals surface area (Å²) >= 11 is 0. The summed E-state index contributed by atoms with van der Waals surface area (Å²) in [6.45, 7) is 6.63. The van der Waals surface area contributed by atoms with Crippen LogP contribution in [0.3, 0.4) is 0 Å². The van der Waals surface area contributed by atoms with Crippen molar-refractivity contribution in [2.75, 3.05) is 11.1 Å². The van der Waals surface area contributed by atoms with Crippen LogP contribution >= 0.6 is 0 Å². The summed E-state index contributed by atoms with van der Waals surface area (Å²) in [4.78, 5) is 15.3. The van der Waals surface area contributed by atoms with Crippen LogP contribution in [0, 0.1) is 5.92 Å². The number of hydrogen-bond donors (Lipinski definition) is 3. The molecular weight excluding hydrogens is 356 g/mol. The Morgan fingerprint density at radius 2 is 1.85 bits per heavy atom. The molecule has 1 amide bonds. The van der Waals surface area contributed by atoms with Gasteiger partial charge in [0.1, 0.15) is 10.5 Å². The van der Waals surface area contributed by atoms with Gasteiger partial charge in [-0.1, -0.05) is 13.8 Å². The van der Waals surface area contributed by atoms with Crippen molar-refractivity contribution in [3.63, 3.8) is 0 Å². The number of carbonyl (C=O) groups is 1. The van der Waals surface area contributed by atoms with Crippen molar-refractivity contribution in [3.05, 3.63) is 24.3 Å². The number of nitrogens with zero attached hydrogens (tertiary/aromatic N) is 2. The molecule has 9 heteroatoms. The average molecular weight is 380 g/mol. The minimum atomic E-state index is -3.63. The maximum Gasteiger partial charge on any atom is 0.247 e. The van der Waals surface area contributed by atoms with E-state index < -0.39 is 20.5 Å². The van der Waals surface area contributed by atoms with E-state index in [1.165, 1.54) is 26.0 Å². The summed E-state index contributed by atoms with van der Waals surface area (Å²) in [5, 5.41) is 19.5. The molecule has 1 aromatic heterocycles. The number of H-pyrrole nitrogens is 1. The number of nitrogens with one attached hydrogen (secondary N) is 2. The van der Waals surface area contributed by atoms with E-state index in [0.717, 1.165) is 0 Å². The Bertz CT molecular complexity index is 870. The Kier molecular flexibility index (Phi) is 5.70. The van der Waals surface area contributed by atoms with Gasteiger partial charge in [-0.3, -0.25) is 10.1 Å². The summed E-state index contributed by atoms with van der Waals surface area (Å²) in [6.07, 6.45) is 0.492. The van der Waals surface area contributed by atoms with Crippen LogP contribution in [0.15, 0.2) is 24.3 Å². The Labute approximate surface area is 153 Å². The van der Waals surface area contributed by atoms with Crippen LogP contribution < -0.4 is 5.32 Å². The lowest BCUT2D eigenvalue weighted by Crippen LogP contribution is -2.46. The Balaban J connectivity index is 2.13. The number of sulfone groups is 1. The van der Waals surface area contributed by atoms with Crippen molar-refractivity contribution in [3.8, 4) is 17.1 Å². The highest BCUT2D eigenvalue weighted by molar-refractivity contribution is 7.93. The smallest absolute Gasteiger partial charge is 0.247 e. The van der Waals surface area contributed by atoms with Crippen LogP contribution in [0.1, 0.15) is 34.1 Å². The van der Waals surface area contributed by atoms with Crippen molar-refractivity contribution in [2.24, 2.45) is 5.92 Å². The molecule has 142 valence electrons. The molecule has 0 unspecified atom stereocenters. The number of phenols is 1. The first-order valence-electron chi connectivity index (χ1n) is 8.29. The third-order valence-corrected chi connectivity index (χ3v) is 6.66. The van der Waals surface area contributed by atoms with Crippen molar-refractivity contribution in [1.82, 2.24) is 15.2 Å². The third kappa shape index (κ3) is 4.40. The van der Waals surface area contributed by atoms with Gasteiger partial charge < -0.3 is 10.1 Å². The molecule has 0 fully saturated rings. The fourth-order valence-electron chi connectivity index (χ4n) is 2.11. The van der Waals surface area contributed by atoms with E-state index in [-0.39, 0.29) is 23.4 Å². The number of carbonyl (C=O) groups excluding carboxylic acids is 1. The highest BCUT2D eigenvalue weighted by Crippen LogP contribution is 2.23. The zero-order chi connectivity index (χ0) is 19.5. The maximum atomic E-state index is 12.5. The second kappa shape index (κ2) is 7.45. The molecule has 0 saturated carbocycles. The van der Waals surface area contributed by atoms with Crippen LogP contribution in [0.5, 0.6) is 5.75 Å². The number of rotatable bonds is 7. The predicted octanol–water partition coefficient (Wildman–Crippen LogP) is 2.36.